The van der Waals surface area contributed by atoms with E-state index in [1.54, 1.807) is 24.3 Å². The Hall–Kier alpha value is -2.04. The molecule has 0 amide bonds. The van der Waals surface area contributed by atoms with Gasteiger partial charge in [-0.15, -0.1) is 0 Å². The minimum Gasteiger partial charge on any atom is -0.493 e. The fourth-order valence-electron chi connectivity index (χ4n) is 2.27. The van der Waals surface area contributed by atoms with Crippen LogP contribution >= 0.6 is 0 Å². The van der Waals surface area contributed by atoms with Crippen molar-refractivity contribution in [1.82, 2.24) is 0 Å². The molecule has 120 valence electrons. The number of esters is 1. The SMILES string of the molecule is CC(C)(C)OC(=O)CCOc1ccc(C2(C(=O)O)CC2)cc1. The Kier molecular flexibility index (Phi) is 4.44. The van der Waals surface area contributed by atoms with Crippen LogP contribution in [0.25, 0.3) is 0 Å². The smallest absolute Gasteiger partial charge is 0.314 e. The summed E-state index contributed by atoms with van der Waals surface area (Å²) in [5.41, 5.74) is -0.386. The Morgan fingerprint density at radius 3 is 2.23 bits per heavy atom. The summed E-state index contributed by atoms with van der Waals surface area (Å²) in [4.78, 5) is 22.8. The van der Waals surface area contributed by atoms with Crippen molar-refractivity contribution in [1.29, 1.82) is 0 Å². The van der Waals surface area contributed by atoms with Crippen molar-refractivity contribution >= 4 is 11.9 Å². The van der Waals surface area contributed by atoms with E-state index in [9.17, 15) is 14.7 Å². The van der Waals surface area contributed by atoms with Crippen LogP contribution in [-0.2, 0) is 19.7 Å². The number of ether oxygens (including phenoxy) is 2. The summed E-state index contributed by atoms with van der Waals surface area (Å²) in [6, 6.07) is 7.05. The molecule has 0 aliphatic heterocycles. The molecular formula is C17H22O5. The molecule has 0 aromatic heterocycles. The Bertz CT molecular complexity index is 549. The molecule has 1 aliphatic carbocycles. The summed E-state index contributed by atoms with van der Waals surface area (Å²) >= 11 is 0. The molecule has 5 nitrogen and oxygen atoms in total. The van der Waals surface area contributed by atoms with Crippen molar-refractivity contribution in [3.05, 3.63) is 29.8 Å². The highest BCUT2D eigenvalue weighted by Gasteiger charge is 2.51. The summed E-state index contributed by atoms with van der Waals surface area (Å²) in [7, 11) is 0. The van der Waals surface area contributed by atoms with Crippen LogP contribution < -0.4 is 4.74 Å². The third-order valence-electron chi connectivity index (χ3n) is 3.56. The summed E-state index contributed by atoms with van der Waals surface area (Å²) in [5, 5.41) is 9.24. The lowest BCUT2D eigenvalue weighted by Gasteiger charge is -2.19. The van der Waals surface area contributed by atoms with Crippen molar-refractivity contribution < 1.29 is 24.2 Å². The summed E-state index contributed by atoms with van der Waals surface area (Å²) in [6.45, 7) is 5.69. The highest BCUT2D eigenvalue weighted by molar-refractivity contribution is 5.84. The van der Waals surface area contributed by atoms with Crippen LogP contribution in [0, 0.1) is 0 Å². The second kappa shape index (κ2) is 5.99. The van der Waals surface area contributed by atoms with Crippen molar-refractivity contribution in [2.75, 3.05) is 6.61 Å². The van der Waals surface area contributed by atoms with Gasteiger partial charge >= 0.3 is 11.9 Å². The van der Waals surface area contributed by atoms with Gasteiger partial charge in [0.15, 0.2) is 0 Å². The van der Waals surface area contributed by atoms with Gasteiger partial charge in [-0.05, 0) is 51.3 Å². The Labute approximate surface area is 130 Å². The average Bonchev–Trinajstić information content (AvgIpc) is 3.19. The Morgan fingerprint density at radius 2 is 1.77 bits per heavy atom. The van der Waals surface area contributed by atoms with Crippen LogP contribution in [0.3, 0.4) is 0 Å². The maximum atomic E-state index is 11.6. The first-order valence-corrected chi connectivity index (χ1v) is 7.41. The number of hydrogen-bond donors (Lipinski definition) is 1. The van der Waals surface area contributed by atoms with E-state index in [0.29, 0.717) is 18.6 Å². The molecule has 1 saturated carbocycles. The van der Waals surface area contributed by atoms with Gasteiger partial charge in [-0.2, -0.15) is 0 Å². The molecule has 0 radical (unpaired) electrons. The standard InChI is InChI=1S/C17H22O5/c1-16(2,3)22-14(18)8-11-21-13-6-4-12(5-7-13)17(9-10-17)15(19)20/h4-7H,8-11H2,1-3H3,(H,19,20). The second-order valence-corrected chi connectivity index (χ2v) is 6.60. The molecule has 1 aromatic rings. The predicted octanol–water partition coefficient (Wildman–Crippen LogP) is 2.91. The van der Waals surface area contributed by atoms with Crippen LogP contribution in [0.1, 0.15) is 45.6 Å². The number of carbonyl (C=O) groups is 2. The van der Waals surface area contributed by atoms with Gasteiger partial charge in [-0.25, -0.2) is 0 Å². The molecule has 1 aromatic carbocycles. The third kappa shape index (κ3) is 4.00. The molecule has 1 aliphatic rings. The van der Waals surface area contributed by atoms with E-state index in [-0.39, 0.29) is 19.0 Å². The number of rotatable bonds is 6. The number of hydrogen-bond acceptors (Lipinski definition) is 4. The lowest BCUT2D eigenvalue weighted by atomic mass is 9.96. The predicted molar refractivity (Wildman–Crippen MR) is 80.9 cm³/mol. The Balaban J connectivity index is 1.83. The first-order chi connectivity index (χ1) is 10.2. The topological polar surface area (TPSA) is 72.8 Å². The van der Waals surface area contributed by atoms with E-state index < -0.39 is 17.0 Å². The molecule has 0 unspecified atom stereocenters. The van der Waals surface area contributed by atoms with E-state index in [1.807, 2.05) is 20.8 Å². The highest BCUT2D eigenvalue weighted by atomic mass is 16.6. The van der Waals surface area contributed by atoms with Gasteiger partial charge in [0, 0.05) is 0 Å². The van der Waals surface area contributed by atoms with Gasteiger partial charge in [0.05, 0.1) is 18.4 Å². The quantitative estimate of drug-likeness (QED) is 0.818. The minimum absolute atomic E-state index is 0.179. The second-order valence-electron chi connectivity index (χ2n) is 6.60. The molecular weight excluding hydrogens is 284 g/mol. The summed E-state index contributed by atoms with van der Waals surface area (Å²) in [6.07, 6.45) is 1.54. The van der Waals surface area contributed by atoms with E-state index in [1.165, 1.54) is 0 Å². The molecule has 0 bridgehead atoms. The van der Waals surface area contributed by atoms with Gasteiger partial charge in [0.1, 0.15) is 11.4 Å². The van der Waals surface area contributed by atoms with Crippen molar-refractivity contribution in [2.45, 2.75) is 51.0 Å². The van der Waals surface area contributed by atoms with Gasteiger partial charge in [-0.3, -0.25) is 9.59 Å². The van der Waals surface area contributed by atoms with E-state index in [2.05, 4.69) is 0 Å². The largest absolute Gasteiger partial charge is 0.493 e. The average molecular weight is 306 g/mol. The zero-order chi connectivity index (χ0) is 16.4. The van der Waals surface area contributed by atoms with Crippen LogP contribution in [0.5, 0.6) is 5.75 Å². The summed E-state index contributed by atoms with van der Waals surface area (Å²) < 4.78 is 10.7. The third-order valence-corrected chi connectivity index (χ3v) is 3.56. The minimum atomic E-state index is -0.772. The van der Waals surface area contributed by atoms with Gasteiger partial charge < -0.3 is 14.6 Å². The monoisotopic (exact) mass is 306 g/mol. The number of carboxylic acid groups (broad SMARTS) is 1. The zero-order valence-corrected chi connectivity index (χ0v) is 13.2. The molecule has 0 atom stereocenters. The lowest BCUT2D eigenvalue weighted by Crippen LogP contribution is -2.24. The van der Waals surface area contributed by atoms with Crippen LogP contribution in [-0.4, -0.2) is 29.3 Å². The number of carbonyl (C=O) groups excluding carboxylic acids is 1. The normalized spacial score (nSPS) is 16.0. The lowest BCUT2D eigenvalue weighted by molar-refractivity contribution is -0.155. The van der Waals surface area contributed by atoms with Crippen molar-refractivity contribution in [3.63, 3.8) is 0 Å². The van der Waals surface area contributed by atoms with Gasteiger partial charge in [0.2, 0.25) is 0 Å². The Morgan fingerprint density at radius 1 is 1.18 bits per heavy atom. The maximum absolute atomic E-state index is 11.6. The molecule has 1 N–H and O–H groups in total. The molecule has 2 rings (SSSR count). The molecule has 22 heavy (non-hydrogen) atoms. The van der Waals surface area contributed by atoms with E-state index in [0.717, 1.165) is 5.56 Å². The van der Waals surface area contributed by atoms with Crippen LogP contribution in [0.4, 0.5) is 0 Å². The molecule has 5 heteroatoms. The fraction of sp³-hybridized carbons (Fsp3) is 0.529. The van der Waals surface area contributed by atoms with Crippen molar-refractivity contribution in [2.24, 2.45) is 0 Å². The zero-order valence-electron chi connectivity index (χ0n) is 13.2. The maximum Gasteiger partial charge on any atom is 0.314 e. The van der Waals surface area contributed by atoms with Crippen molar-refractivity contribution in [3.8, 4) is 5.75 Å². The number of benzene rings is 1. The van der Waals surface area contributed by atoms with E-state index in [4.69, 9.17) is 9.47 Å². The first-order valence-electron chi connectivity index (χ1n) is 7.41. The molecule has 0 heterocycles. The number of carboxylic acids is 1. The van der Waals surface area contributed by atoms with E-state index >= 15 is 0 Å². The number of aliphatic carboxylic acids is 1. The van der Waals surface area contributed by atoms with Gasteiger partial charge in [0.25, 0.3) is 0 Å². The highest BCUT2D eigenvalue weighted by Crippen LogP contribution is 2.48. The first kappa shape index (κ1) is 16.3. The summed E-state index contributed by atoms with van der Waals surface area (Å²) in [5.74, 6) is -0.452. The molecule has 1 fully saturated rings. The van der Waals surface area contributed by atoms with Crippen LogP contribution in [0.15, 0.2) is 24.3 Å². The van der Waals surface area contributed by atoms with Gasteiger partial charge in [-0.1, -0.05) is 12.1 Å². The molecule has 0 spiro atoms. The van der Waals surface area contributed by atoms with Crippen LogP contribution in [0.2, 0.25) is 0 Å². The molecule has 0 saturated heterocycles. The fourth-order valence-corrected chi connectivity index (χ4v) is 2.27.